The molecule has 0 aromatic rings. The standard InChI is InChI=1S/C9H16Cl2O2/c1-3-5-6-9(10,11)8(12)13-7-4-2/h3-7H2,1-2H3. The van der Waals surface area contributed by atoms with Gasteiger partial charge >= 0.3 is 5.97 Å². The first-order chi connectivity index (χ1) is 6.04. The predicted molar refractivity (Wildman–Crippen MR) is 55.2 cm³/mol. The van der Waals surface area contributed by atoms with Crippen molar-refractivity contribution in [1.29, 1.82) is 0 Å². The number of halogens is 2. The first-order valence-corrected chi connectivity index (χ1v) is 5.35. The number of alkyl halides is 2. The molecular formula is C9H16Cl2O2. The van der Waals surface area contributed by atoms with Crippen LogP contribution in [0.5, 0.6) is 0 Å². The summed E-state index contributed by atoms with van der Waals surface area (Å²) in [6.45, 7) is 4.32. The van der Waals surface area contributed by atoms with Gasteiger partial charge in [-0.05, 0) is 12.8 Å². The molecule has 78 valence electrons. The number of ether oxygens (including phenoxy) is 1. The molecule has 0 aliphatic rings. The lowest BCUT2D eigenvalue weighted by molar-refractivity contribution is -0.144. The van der Waals surface area contributed by atoms with Crippen LogP contribution in [0.4, 0.5) is 0 Å². The number of rotatable bonds is 6. The summed E-state index contributed by atoms with van der Waals surface area (Å²) < 4.78 is 3.49. The molecule has 0 amide bonds. The van der Waals surface area contributed by atoms with Crippen LogP contribution in [-0.2, 0) is 9.53 Å². The summed E-state index contributed by atoms with van der Waals surface area (Å²) in [6, 6.07) is 0. The topological polar surface area (TPSA) is 26.3 Å². The van der Waals surface area contributed by atoms with Crippen LogP contribution < -0.4 is 0 Å². The maximum Gasteiger partial charge on any atom is 0.342 e. The van der Waals surface area contributed by atoms with Crippen molar-refractivity contribution >= 4 is 29.2 Å². The molecule has 0 heterocycles. The Labute approximate surface area is 89.5 Å². The minimum absolute atomic E-state index is 0.381. The fourth-order valence-corrected chi connectivity index (χ4v) is 1.18. The summed E-state index contributed by atoms with van der Waals surface area (Å²) in [4.78, 5) is 11.2. The molecule has 13 heavy (non-hydrogen) atoms. The summed E-state index contributed by atoms with van der Waals surface area (Å²) in [5, 5.41) is 0. The summed E-state index contributed by atoms with van der Waals surface area (Å²) in [5.41, 5.74) is 0. The van der Waals surface area contributed by atoms with Crippen LogP contribution in [-0.4, -0.2) is 16.9 Å². The van der Waals surface area contributed by atoms with Crippen molar-refractivity contribution in [2.24, 2.45) is 0 Å². The van der Waals surface area contributed by atoms with E-state index in [0.717, 1.165) is 19.3 Å². The van der Waals surface area contributed by atoms with Crippen molar-refractivity contribution in [3.8, 4) is 0 Å². The van der Waals surface area contributed by atoms with E-state index in [4.69, 9.17) is 27.9 Å². The largest absolute Gasteiger partial charge is 0.463 e. The molecule has 4 heteroatoms. The molecule has 0 spiro atoms. The summed E-state index contributed by atoms with van der Waals surface area (Å²) >= 11 is 11.6. The number of hydrogen-bond donors (Lipinski definition) is 0. The van der Waals surface area contributed by atoms with E-state index < -0.39 is 10.3 Å². The van der Waals surface area contributed by atoms with E-state index in [1.807, 2.05) is 13.8 Å². The number of hydrogen-bond acceptors (Lipinski definition) is 2. The molecule has 0 aliphatic heterocycles. The van der Waals surface area contributed by atoms with Crippen molar-refractivity contribution in [1.82, 2.24) is 0 Å². The van der Waals surface area contributed by atoms with Gasteiger partial charge in [0.15, 0.2) is 0 Å². The van der Waals surface area contributed by atoms with Gasteiger partial charge in [-0.1, -0.05) is 49.9 Å². The van der Waals surface area contributed by atoms with E-state index in [1.165, 1.54) is 0 Å². The van der Waals surface area contributed by atoms with Gasteiger partial charge in [-0.25, -0.2) is 4.79 Å². The fraction of sp³-hybridized carbons (Fsp3) is 0.889. The van der Waals surface area contributed by atoms with E-state index in [1.54, 1.807) is 0 Å². The molecule has 0 rings (SSSR count). The molecule has 2 nitrogen and oxygen atoms in total. The number of unbranched alkanes of at least 4 members (excludes halogenated alkanes) is 1. The van der Waals surface area contributed by atoms with Crippen molar-refractivity contribution in [3.05, 3.63) is 0 Å². The average molecular weight is 227 g/mol. The zero-order valence-electron chi connectivity index (χ0n) is 8.11. The smallest absolute Gasteiger partial charge is 0.342 e. The molecule has 0 aromatic carbocycles. The van der Waals surface area contributed by atoms with Gasteiger partial charge in [0.2, 0.25) is 4.33 Å². The molecule has 0 aliphatic carbocycles. The first kappa shape index (κ1) is 13.1. The number of carbonyl (C=O) groups excluding carboxylic acids is 1. The van der Waals surface area contributed by atoms with E-state index >= 15 is 0 Å². The van der Waals surface area contributed by atoms with Gasteiger partial charge in [0.05, 0.1) is 6.61 Å². The lowest BCUT2D eigenvalue weighted by atomic mass is 10.2. The second-order valence-electron chi connectivity index (χ2n) is 2.94. The molecular weight excluding hydrogens is 211 g/mol. The highest BCUT2D eigenvalue weighted by Crippen LogP contribution is 2.29. The zero-order chi connectivity index (χ0) is 10.3. The Balaban J connectivity index is 3.87. The third kappa shape index (κ3) is 5.37. The Morgan fingerprint density at radius 1 is 1.31 bits per heavy atom. The molecule has 0 atom stereocenters. The van der Waals surface area contributed by atoms with E-state index in [0.29, 0.717) is 13.0 Å². The number of esters is 1. The number of carbonyl (C=O) groups is 1. The molecule has 0 saturated carbocycles. The SMILES string of the molecule is CCCCC(Cl)(Cl)C(=O)OCCC. The lowest BCUT2D eigenvalue weighted by Crippen LogP contribution is -2.28. The van der Waals surface area contributed by atoms with E-state index in [9.17, 15) is 4.79 Å². The first-order valence-electron chi connectivity index (χ1n) is 4.59. The molecule has 0 fully saturated rings. The minimum atomic E-state index is -1.36. The van der Waals surface area contributed by atoms with Gasteiger partial charge in [-0.3, -0.25) is 0 Å². The highest BCUT2D eigenvalue weighted by atomic mass is 35.5. The van der Waals surface area contributed by atoms with Gasteiger partial charge in [-0.15, -0.1) is 0 Å². The molecule has 0 aromatic heterocycles. The van der Waals surface area contributed by atoms with E-state index in [-0.39, 0.29) is 0 Å². The zero-order valence-corrected chi connectivity index (χ0v) is 9.62. The lowest BCUT2D eigenvalue weighted by Gasteiger charge is -2.16. The second kappa shape index (κ2) is 6.50. The quantitative estimate of drug-likeness (QED) is 0.514. The highest BCUT2D eigenvalue weighted by molar-refractivity contribution is 6.57. The van der Waals surface area contributed by atoms with Crippen LogP contribution >= 0.6 is 23.2 Å². The predicted octanol–water partition coefficient (Wildman–Crippen LogP) is 3.30. The van der Waals surface area contributed by atoms with Crippen LogP contribution in [0.15, 0.2) is 0 Å². The van der Waals surface area contributed by atoms with Crippen molar-refractivity contribution < 1.29 is 9.53 Å². The second-order valence-corrected chi connectivity index (χ2v) is 4.43. The van der Waals surface area contributed by atoms with Crippen LogP contribution in [0.1, 0.15) is 39.5 Å². The van der Waals surface area contributed by atoms with Crippen molar-refractivity contribution in [2.45, 2.75) is 43.9 Å². The Morgan fingerprint density at radius 3 is 2.38 bits per heavy atom. The summed E-state index contributed by atoms with van der Waals surface area (Å²) in [7, 11) is 0. The third-order valence-electron chi connectivity index (χ3n) is 1.58. The fourth-order valence-electron chi connectivity index (χ4n) is 0.801. The van der Waals surface area contributed by atoms with Gasteiger partial charge < -0.3 is 4.74 Å². The van der Waals surface area contributed by atoms with Crippen LogP contribution in [0.2, 0.25) is 0 Å². The Bertz CT molecular complexity index is 158. The monoisotopic (exact) mass is 226 g/mol. The minimum Gasteiger partial charge on any atom is -0.463 e. The van der Waals surface area contributed by atoms with E-state index in [2.05, 4.69) is 0 Å². The molecule has 0 saturated heterocycles. The van der Waals surface area contributed by atoms with Crippen molar-refractivity contribution in [2.75, 3.05) is 6.61 Å². The molecule has 0 unspecified atom stereocenters. The van der Waals surface area contributed by atoms with Gasteiger partial charge in [-0.2, -0.15) is 0 Å². The normalized spacial score (nSPS) is 11.4. The maximum atomic E-state index is 11.2. The van der Waals surface area contributed by atoms with Crippen LogP contribution in [0.3, 0.4) is 0 Å². The Morgan fingerprint density at radius 2 is 1.92 bits per heavy atom. The molecule has 0 bridgehead atoms. The maximum absolute atomic E-state index is 11.2. The Kier molecular flexibility index (Phi) is 6.52. The third-order valence-corrected chi connectivity index (χ3v) is 2.27. The molecule has 0 N–H and O–H groups in total. The summed E-state index contributed by atoms with van der Waals surface area (Å²) in [5.74, 6) is -0.522. The summed E-state index contributed by atoms with van der Waals surface area (Å²) in [6.07, 6.45) is 3.02. The van der Waals surface area contributed by atoms with Crippen LogP contribution in [0, 0.1) is 0 Å². The van der Waals surface area contributed by atoms with Crippen LogP contribution in [0.25, 0.3) is 0 Å². The van der Waals surface area contributed by atoms with Gasteiger partial charge in [0.1, 0.15) is 0 Å². The molecule has 0 radical (unpaired) electrons. The average Bonchev–Trinajstić information content (AvgIpc) is 2.10. The van der Waals surface area contributed by atoms with Gasteiger partial charge in [0.25, 0.3) is 0 Å². The highest BCUT2D eigenvalue weighted by Gasteiger charge is 2.34. The van der Waals surface area contributed by atoms with Crippen molar-refractivity contribution in [3.63, 3.8) is 0 Å². The van der Waals surface area contributed by atoms with Gasteiger partial charge in [0, 0.05) is 0 Å². The Hall–Kier alpha value is 0.0500.